The maximum Gasteiger partial charge on any atom is 0.163 e. The van der Waals surface area contributed by atoms with Gasteiger partial charge in [-0.2, -0.15) is 0 Å². The Morgan fingerprint density at radius 1 is 1.56 bits per heavy atom. The Morgan fingerprint density at radius 3 is 3.00 bits per heavy atom. The average Bonchev–Trinajstić information content (AvgIpc) is 2.74. The highest BCUT2D eigenvalue weighted by Gasteiger charge is 2.19. The average molecular weight is 221 g/mol. The summed E-state index contributed by atoms with van der Waals surface area (Å²) >= 11 is 0. The van der Waals surface area contributed by atoms with Crippen LogP contribution in [0.1, 0.15) is 28.8 Å². The third-order valence-corrected chi connectivity index (χ3v) is 3.12. The first-order valence-electron chi connectivity index (χ1n) is 5.67. The molecule has 16 heavy (non-hydrogen) atoms. The van der Waals surface area contributed by atoms with Gasteiger partial charge in [-0.1, -0.05) is 0 Å². The lowest BCUT2D eigenvalue weighted by atomic mass is 9.97. The zero-order chi connectivity index (χ0) is 11.5. The molecule has 1 fully saturated rings. The zero-order valence-electron chi connectivity index (χ0n) is 9.42. The number of hydrogen-bond acceptors (Lipinski definition) is 2. The van der Waals surface area contributed by atoms with Crippen molar-refractivity contribution in [1.82, 2.24) is 5.32 Å². The zero-order valence-corrected chi connectivity index (χ0v) is 9.42. The van der Waals surface area contributed by atoms with Crippen molar-refractivity contribution < 1.29 is 9.18 Å². The second kappa shape index (κ2) is 4.74. The van der Waals surface area contributed by atoms with Crippen LogP contribution in [0.15, 0.2) is 18.2 Å². The van der Waals surface area contributed by atoms with E-state index in [2.05, 4.69) is 5.32 Å². The number of carbonyl (C=O) groups excluding carboxylic acids is 1. The van der Waals surface area contributed by atoms with Gasteiger partial charge in [0.25, 0.3) is 0 Å². The molecule has 1 N–H and O–H groups in total. The maximum absolute atomic E-state index is 13.0. The highest BCUT2D eigenvalue weighted by Crippen LogP contribution is 2.17. The van der Waals surface area contributed by atoms with Crippen molar-refractivity contribution in [2.75, 3.05) is 13.1 Å². The minimum absolute atomic E-state index is 0.122. The van der Waals surface area contributed by atoms with E-state index < -0.39 is 0 Å². The molecule has 0 radical (unpaired) electrons. The van der Waals surface area contributed by atoms with Gasteiger partial charge in [-0.15, -0.1) is 0 Å². The lowest BCUT2D eigenvalue weighted by molar-refractivity contribution is 0.0964. The number of carbonyl (C=O) groups is 1. The number of aryl methyl sites for hydroxylation is 1. The molecular weight excluding hydrogens is 205 g/mol. The Morgan fingerprint density at radius 2 is 2.38 bits per heavy atom. The van der Waals surface area contributed by atoms with Crippen LogP contribution in [0.4, 0.5) is 4.39 Å². The first kappa shape index (κ1) is 11.3. The molecule has 0 amide bonds. The van der Waals surface area contributed by atoms with Gasteiger partial charge in [0.1, 0.15) is 5.82 Å². The van der Waals surface area contributed by atoms with E-state index >= 15 is 0 Å². The van der Waals surface area contributed by atoms with Crippen molar-refractivity contribution in [2.45, 2.75) is 19.8 Å². The van der Waals surface area contributed by atoms with E-state index in [0.717, 1.165) is 19.5 Å². The summed E-state index contributed by atoms with van der Waals surface area (Å²) in [5.41, 5.74) is 1.17. The van der Waals surface area contributed by atoms with Crippen LogP contribution in [-0.4, -0.2) is 18.9 Å². The minimum atomic E-state index is -0.251. The molecule has 0 aromatic heterocycles. The summed E-state index contributed by atoms with van der Waals surface area (Å²) in [5, 5.41) is 3.24. The van der Waals surface area contributed by atoms with E-state index in [1.807, 2.05) is 0 Å². The molecule has 1 atom stereocenters. The van der Waals surface area contributed by atoms with Gasteiger partial charge >= 0.3 is 0 Å². The van der Waals surface area contributed by atoms with E-state index in [9.17, 15) is 9.18 Å². The molecule has 1 aromatic carbocycles. The fourth-order valence-corrected chi connectivity index (χ4v) is 2.09. The second-order valence-corrected chi connectivity index (χ2v) is 4.45. The normalized spacial score (nSPS) is 20.0. The van der Waals surface area contributed by atoms with Gasteiger partial charge in [0, 0.05) is 12.0 Å². The molecule has 2 nitrogen and oxygen atoms in total. The molecule has 0 saturated carbocycles. The summed E-state index contributed by atoms with van der Waals surface area (Å²) in [6.45, 7) is 3.61. The van der Waals surface area contributed by atoms with Crippen molar-refractivity contribution >= 4 is 5.78 Å². The molecule has 3 heteroatoms. The molecule has 1 heterocycles. The molecule has 1 saturated heterocycles. The summed E-state index contributed by atoms with van der Waals surface area (Å²) < 4.78 is 13.0. The predicted molar refractivity (Wildman–Crippen MR) is 61.1 cm³/mol. The number of benzene rings is 1. The first-order valence-corrected chi connectivity index (χ1v) is 5.67. The molecule has 1 aromatic rings. The third kappa shape index (κ3) is 2.47. The van der Waals surface area contributed by atoms with Crippen LogP contribution in [0.3, 0.4) is 0 Å². The molecular formula is C13H16FNO. The molecule has 1 aliphatic heterocycles. The molecule has 2 rings (SSSR count). The Bertz CT molecular complexity index is 397. The molecule has 0 bridgehead atoms. The van der Waals surface area contributed by atoms with Crippen molar-refractivity contribution in [2.24, 2.45) is 5.92 Å². The third-order valence-electron chi connectivity index (χ3n) is 3.12. The number of ketones is 1. The molecule has 86 valence electrons. The summed E-state index contributed by atoms with van der Waals surface area (Å²) in [5.74, 6) is 0.314. The van der Waals surface area contributed by atoms with E-state index in [1.165, 1.54) is 6.07 Å². The lowest BCUT2D eigenvalue weighted by Gasteiger charge is -2.07. The predicted octanol–water partition coefficient (Wildman–Crippen LogP) is 2.32. The van der Waals surface area contributed by atoms with Crippen LogP contribution in [0.5, 0.6) is 0 Å². The number of rotatable bonds is 3. The Labute approximate surface area is 94.9 Å². The SMILES string of the molecule is Cc1cc(C(=O)CC2CCNC2)ccc1F. The van der Waals surface area contributed by atoms with Crippen molar-refractivity contribution in [3.05, 3.63) is 35.1 Å². The van der Waals surface area contributed by atoms with Crippen molar-refractivity contribution in [3.8, 4) is 0 Å². The topological polar surface area (TPSA) is 29.1 Å². The van der Waals surface area contributed by atoms with Crippen molar-refractivity contribution in [1.29, 1.82) is 0 Å². The largest absolute Gasteiger partial charge is 0.316 e. The highest BCUT2D eigenvalue weighted by molar-refractivity contribution is 5.96. The van der Waals surface area contributed by atoms with Crippen LogP contribution in [0.25, 0.3) is 0 Å². The van der Waals surface area contributed by atoms with Crippen LogP contribution in [0.2, 0.25) is 0 Å². The lowest BCUT2D eigenvalue weighted by Crippen LogP contribution is -2.13. The van der Waals surface area contributed by atoms with E-state index in [4.69, 9.17) is 0 Å². The van der Waals surface area contributed by atoms with Crippen molar-refractivity contribution in [3.63, 3.8) is 0 Å². The van der Waals surface area contributed by atoms with Gasteiger partial charge < -0.3 is 5.32 Å². The highest BCUT2D eigenvalue weighted by atomic mass is 19.1. The summed E-state index contributed by atoms with van der Waals surface area (Å²) in [6, 6.07) is 4.59. The van der Waals surface area contributed by atoms with Crippen LogP contribution in [0, 0.1) is 18.7 Å². The Kier molecular flexibility index (Phi) is 3.34. The molecule has 0 spiro atoms. The van der Waals surface area contributed by atoms with Gasteiger partial charge in [0.15, 0.2) is 5.78 Å². The van der Waals surface area contributed by atoms with Gasteiger partial charge in [-0.05, 0) is 56.1 Å². The standard InChI is InChI=1S/C13H16FNO/c1-9-6-11(2-3-12(9)14)13(16)7-10-4-5-15-8-10/h2-3,6,10,15H,4-5,7-8H2,1H3. The number of nitrogens with one attached hydrogen (secondary N) is 1. The van der Waals surface area contributed by atoms with Gasteiger partial charge in [0.2, 0.25) is 0 Å². The van der Waals surface area contributed by atoms with E-state index in [-0.39, 0.29) is 11.6 Å². The number of halogens is 1. The number of hydrogen-bond donors (Lipinski definition) is 1. The van der Waals surface area contributed by atoms with Crippen LogP contribution >= 0.6 is 0 Å². The smallest absolute Gasteiger partial charge is 0.163 e. The number of Topliss-reactive ketones (excluding diaryl/α,β-unsaturated/α-hetero) is 1. The fraction of sp³-hybridized carbons (Fsp3) is 0.462. The van der Waals surface area contributed by atoms with Crippen LogP contribution in [-0.2, 0) is 0 Å². The Hall–Kier alpha value is -1.22. The van der Waals surface area contributed by atoms with E-state index in [0.29, 0.717) is 23.5 Å². The van der Waals surface area contributed by atoms with Gasteiger partial charge in [0.05, 0.1) is 0 Å². The fourth-order valence-electron chi connectivity index (χ4n) is 2.09. The molecule has 1 unspecified atom stereocenters. The molecule has 1 aliphatic rings. The first-order chi connectivity index (χ1) is 7.66. The summed E-state index contributed by atoms with van der Waals surface area (Å²) in [4.78, 5) is 11.9. The summed E-state index contributed by atoms with van der Waals surface area (Å²) in [7, 11) is 0. The minimum Gasteiger partial charge on any atom is -0.316 e. The maximum atomic E-state index is 13.0. The van der Waals surface area contributed by atoms with Crippen LogP contribution < -0.4 is 5.32 Å². The van der Waals surface area contributed by atoms with Gasteiger partial charge in [-0.3, -0.25) is 4.79 Å². The monoisotopic (exact) mass is 221 g/mol. The quantitative estimate of drug-likeness (QED) is 0.794. The van der Waals surface area contributed by atoms with E-state index in [1.54, 1.807) is 19.1 Å². The Balaban J connectivity index is 2.05. The second-order valence-electron chi connectivity index (χ2n) is 4.45. The summed E-state index contributed by atoms with van der Waals surface area (Å²) in [6.07, 6.45) is 1.63. The molecule has 0 aliphatic carbocycles. The van der Waals surface area contributed by atoms with Gasteiger partial charge in [-0.25, -0.2) is 4.39 Å².